The third-order valence-corrected chi connectivity index (χ3v) is 2.95. The molecule has 2 rings (SSSR count). The van der Waals surface area contributed by atoms with Crippen LogP contribution in [0.15, 0.2) is 42.5 Å². The largest absolute Gasteiger partial charge is 0.478 e. The van der Waals surface area contributed by atoms with Crippen molar-refractivity contribution in [3.63, 3.8) is 0 Å². The van der Waals surface area contributed by atoms with Crippen molar-refractivity contribution in [2.24, 2.45) is 0 Å². The third-order valence-electron chi connectivity index (χ3n) is 2.71. The van der Waals surface area contributed by atoms with Crippen LogP contribution in [0.1, 0.15) is 15.9 Å². The fraction of sp³-hybridized carbons (Fsp3) is 0.0714. The molecule has 0 aromatic heterocycles. The van der Waals surface area contributed by atoms with E-state index in [1.54, 1.807) is 18.2 Å². The molecule has 20 heavy (non-hydrogen) atoms. The first-order valence-electron chi connectivity index (χ1n) is 5.49. The zero-order valence-electron chi connectivity index (χ0n) is 9.91. The molecule has 0 aliphatic rings. The first kappa shape index (κ1) is 14.4. The number of carboxylic acids is 1. The lowest BCUT2D eigenvalue weighted by atomic mass is 9.97. The average molecular weight is 301 g/mol. The molecular weight excluding hydrogens is 293 g/mol. The van der Waals surface area contributed by atoms with Crippen molar-refractivity contribution < 1.29 is 23.1 Å². The summed E-state index contributed by atoms with van der Waals surface area (Å²) in [6.07, 6.45) is -4.59. The Labute approximate surface area is 117 Å². The van der Waals surface area contributed by atoms with E-state index in [0.29, 0.717) is 16.7 Å². The number of benzene rings is 2. The fourth-order valence-electron chi connectivity index (χ4n) is 1.81. The number of hydrogen-bond acceptors (Lipinski definition) is 1. The monoisotopic (exact) mass is 300 g/mol. The summed E-state index contributed by atoms with van der Waals surface area (Å²) in [7, 11) is 0. The summed E-state index contributed by atoms with van der Waals surface area (Å²) < 4.78 is 37.8. The number of alkyl halides is 3. The molecule has 0 spiro atoms. The minimum Gasteiger partial charge on any atom is -0.478 e. The van der Waals surface area contributed by atoms with Crippen LogP contribution in [0.2, 0.25) is 5.02 Å². The van der Waals surface area contributed by atoms with Gasteiger partial charge in [-0.2, -0.15) is 13.2 Å². The molecule has 0 aliphatic carbocycles. The van der Waals surface area contributed by atoms with Gasteiger partial charge in [0.2, 0.25) is 0 Å². The van der Waals surface area contributed by atoms with E-state index in [1.807, 2.05) is 0 Å². The standard InChI is InChI=1S/C14H8ClF3O2/c15-10-3-1-2-8(6-10)11-5-4-9(14(16,17)18)7-12(11)13(19)20/h1-7H,(H,19,20). The second kappa shape index (κ2) is 5.17. The summed E-state index contributed by atoms with van der Waals surface area (Å²) in [5, 5.41) is 9.46. The van der Waals surface area contributed by atoms with Crippen molar-refractivity contribution in [2.45, 2.75) is 6.18 Å². The molecule has 1 N–H and O–H groups in total. The molecule has 0 fully saturated rings. The third kappa shape index (κ3) is 2.93. The van der Waals surface area contributed by atoms with Crippen LogP contribution in [-0.4, -0.2) is 11.1 Å². The van der Waals surface area contributed by atoms with Gasteiger partial charge >= 0.3 is 12.1 Å². The molecule has 2 nitrogen and oxygen atoms in total. The maximum Gasteiger partial charge on any atom is 0.416 e. The van der Waals surface area contributed by atoms with Gasteiger partial charge < -0.3 is 5.11 Å². The Balaban J connectivity index is 2.62. The summed E-state index contributed by atoms with van der Waals surface area (Å²) in [5.41, 5.74) is -0.778. The van der Waals surface area contributed by atoms with Crippen LogP contribution >= 0.6 is 11.6 Å². The molecule has 0 atom stereocenters. The van der Waals surface area contributed by atoms with E-state index in [9.17, 15) is 18.0 Å². The number of aromatic carboxylic acids is 1. The van der Waals surface area contributed by atoms with Crippen LogP contribution in [-0.2, 0) is 6.18 Å². The zero-order valence-corrected chi connectivity index (χ0v) is 10.7. The van der Waals surface area contributed by atoms with E-state index in [-0.39, 0.29) is 5.56 Å². The van der Waals surface area contributed by atoms with E-state index < -0.39 is 23.3 Å². The van der Waals surface area contributed by atoms with Gasteiger partial charge in [0.05, 0.1) is 11.1 Å². The van der Waals surface area contributed by atoms with Crippen molar-refractivity contribution in [2.75, 3.05) is 0 Å². The summed E-state index contributed by atoms with van der Waals surface area (Å²) in [5.74, 6) is -1.42. The lowest BCUT2D eigenvalue weighted by Gasteiger charge is -2.11. The van der Waals surface area contributed by atoms with Gasteiger partial charge in [0, 0.05) is 5.02 Å². The van der Waals surface area contributed by atoms with Crippen LogP contribution in [0.5, 0.6) is 0 Å². The highest BCUT2D eigenvalue weighted by Crippen LogP contribution is 2.34. The second-order valence-electron chi connectivity index (χ2n) is 4.07. The molecule has 0 unspecified atom stereocenters. The smallest absolute Gasteiger partial charge is 0.416 e. The number of carbonyl (C=O) groups is 1. The summed E-state index contributed by atoms with van der Waals surface area (Å²) in [6.45, 7) is 0. The van der Waals surface area contributed by atoms with Gasteiger partial charge in [0.1, 0.15) is 0 Å². The van der Waals surface area contributed by atoms with E-state index in [0.717, 1.165) is 12.1 Å². The highest BCUT2D eigenvalue weighted by atomic mass is 35.5. The fourth-order valence-corrected chi connectivity index (χ4v) is 2.00. The zero-order chi connectivity index (χ0) is 14.9. The van der Waals surface area contributed by atoms with Crippen LogP contribution < -0.4 is 0 Å². The van der Waals surface area contributed by atoms with Crippen LogP contribution in [0.25, 0.3) is 11.1 Å². The molecule has 0 saturated heterocycles. The Morgan fingerprint density at radius 3 is 2.35 bits per heavy atom. The lowest BCUT2D eigenvalue weighted by Crippen LogP contribution is -2.08. The molecule has 6 heteroatoms. The molecule has 0 heterocycles. The van der Waals surface area contributed by atoms with E-state index in [4.69, 9.17) is 16.7 Å². The maximum absolute atomic E-state index is 12.6. The quantitative estimate of drug-likeness (QED) is 0.871. The number of halogens is 4. The van der Waals surface area contributed by atoms with Gasteiger partial charge in [-0.3, -0.25) is 0 Å². The molecule has 0 radical (unpaired) electrons. The molecule has 2 aromatic rings. The Morgan fingerprint density at radius 1 is 1.10 bits per heavy atom. The van der Waals surface area contributed by atoms with Gasteiger partial charge in [-0.25, -0.2) is 4.79 Å². The predicted molar refractivity (Wildman–Crippen MR) is 68.8 cm³/mol. The Hall–Kier alpha value is -2.01. The summed E-state index contributed by atoms with van der Waals surface area (Å²) in [4.78, 5) is 11.2. The van der Waals surface area contributed by atoms with Gasteiger partial charge in [-0.15, -0.1) is 0 Å². The highest BCUT2D eigenvalue weighted by molar-refractivity contribution is 6.30. The van der Waals surface area contributed by atoms with Gasteiger partial charge in [0.25, 0.3) is 0 Å². The summed E-state index contributed by atoms with van der Waals surface area (Å²) in [6, 6.07) is 8.88. The van der Waals surface area contributed by atoms with Crippen LogP contribution in [0.4, 0.5) is 13.2 Å². The number of carboxylic acid groups (broad SMARTS) is 1. The maximum atomic E-state index is 12.6. The van der Waals surface area contributed by atoms with Crippen LogP contribution in [0, 0.1) is 0 Å². The molecule has 0 amide bonds. The summed E-state index contributed by atoms with van der Waals surface area (Å²) >= 11 is 5.80. The topological polar surface area (TPSA) is 37.3 Å². The second-order valence-corrected chi connectivity index (χ2v) is 4.51. The SMILES string of the molecule is O=C(O)c1cc(C(F)(F)F)ccc1-c1cccc(Cl)c1. The van der Waals surface area contributed by atoms with Crippen molar-refractivity contribution in [1.29, 1.82) is 0 Å². The first-order chi connectivity index (χ1) is 9.29. The molecule has 0 bridgehead atoms. The normalized spacial score (nSPS) is 11.4. The first-order valence-corrected chi connectivity index (χ1v) is 5.87. The van der Waals surface area contributed by atoms with E-state index >= 15 is 0 Å². The lowest BCUT2D eigenvalue weighted by molar-refractivity contribution is -0.137. The average Bonchev–Trinajstić information content (AvgIpc) is 2.37. The van der Waals surface area contributed by atoms with Gasteiger partial charge in [-0.05, 0) is 35.4 Å². The molecule has 0 saturated carbocycles. The Kier molecular flexibility index (Phi) is 3.72. The molecule has 2 aromatic carbocycles. The predicted octanol–water partition coefficient (Wildman–Crippen LogP) is 4.72. The minimum absolute atomic E-state index is 0.188. The Bertz CT molecular complexity index is 666. The molecule has 104 valence electrons. The molecule has 0 aliphatic heterocycles. The Morgan fingerprint density at radius 2 is 1.80 bits per heavy atom. The van der Waals surface area contributed by atoms with Gasteiger partial charge in [0.15, 0.2) is 0 Å². The highest BCUT2D eigenvalue weighted by Gasteiger charge is 2.31. The van der Waals surface area contributed by atoms with Crippen molar-refractivity contribution in [1.82, 2.24) is 0 Å². The van der Waals surface area contributed by atoms with Crippen molar-refractivity contribution in [3.8, 4) is 11.1 Å². The molecular formula is C14H8ClF3O2. The number of hydrogen-bond donors (Lipinski definition) is 1. The van der Waals surface area contributed by atoms with Gasteiger partial charge in [-0.1, -0.05) is 29.8 Å². The van der Waals surface area contributed by atoms with E-state index in [2.05, 4.69) is 0 Å². The van der Waals surface area contributed by atoms with Crippen molar-refractivity contribution >= 4 is 17.6 Å². The van der Waals surface area contributed by atoms with E-state index in [1.165, 1.54) is 6.07 Å². The van der Waals surface area contributed by atoms with Crippen molar-refractivity contribution in [3.05, 3.63) is 58.6 Å². The minimum atomic E-state index is -4.59. The van der Waals surface area contributed by atoms with Crippen LogP contribution in [0.3, 0.4) is 0 Å². The number of rotatable bonds is 2.